The van der Waals surface area contributed by atoms with Crippen molar-refractivity contribution >= 4 is 17.9 Å². The van der Waals surface area contributed by atoms with Gasteiger partial charge in [0, 0.05) is 48.7 Å². The highest BCUT2D eigenvalue weighted by atomic mass is 32.2. The molecule has 5 atom stereocenters. The number of benzene rings is 1. The van der Waals surface area contributed by atoms with Crippen LogP contribution in [0.1, 0.15) is 97.1 Å². The normalized spacial score (nSPS) is 37.9. The van der Waals surface area contributed by atoms with Gasteiger partial charge in [-0.05, 0) is 101 Å². The van der Waals surface area contributed by atoms with E-state index in [1.54, 1.807) is 7.11 Å². The van der Waals surface area contributed by atoms with E-state index in [0.29, 0.717) is 17.3 Å². The number of hydrogen-bond donors (Lipinski definition) is 1. The van der Waals surface area contributed by atoms with Crippen LogP contribution in [0.2, 0.25) is 0 Å². The Morgan fingerprint density at radius 1 is 1.13 bits per heavy atom. The number of thioether (sulfide) groups is 1. The zero-order valence-electron chi connectivity index (χ0n) is 28.3. The van der Waals surface area contributed by atoms with Crippen LogP contribution in [0.15, 0.2) is 24.3 Å². The van der Waals surface area contributed by atoms with E-state index in [1.807, 2.05) is 44.7 Å². The summed E-state index contributed by atoms with van der Waals surface area (Å²) in [5.74, 6) is 4.32. The highest BCUT2D eigenvalue weighted by molar-refractivity contribution is 7.99. The molecular formula is C37H54N2O5S. The van der Waals surface area contributed by atoms with Crippen LogP contribution in [0.4, 0.5) is 4.79 Å². The molecule has 8 heteroatoms. The van der Waals surface area contributed by atoms with E-state index in [4.69, 9.17) is 14.2 Å². The maximum absolute atomic E-state index is 13.8. The lowest BCUT2D eigenvalue weighted by Crippen LogP contribution is -2.66. The van der Waals surface area contributed by atoms with E-state index in [-0.39, 0.29) is 23.2 Å². The lowest BCUT2D eigenvalue weighted by Gasteiger charge is -2.67. The molecule has 7 aliphatic rings. The first-order chi connectivity index (χ1) is 21.2. The Morgan fingerprint density at radius 3 is 2.58 bits per heavy atom. The molecule has 1 spiro atoms. The first-order valence-electron chi connectivity index (χ1n) is 17.3. The molecule has 1 amide bonds. The van der Waals surface area contributed by atoms with Gasteiger partial charge in [0.25, 0.3) is 0 Å². The highest BCUT2D eigenvalue weighted by Gasteiger charge is 2.63. The van der Waals surface area contributed by atoms with Crippen molar-refractivity contribution in [1.82, 2.24) is 9.80 Å². The number of rotatable bonds is 8. The van der Waals surface area contributed by atoms with Gasteiger partial charge in [-0.1, -0.05) is 32.1 Å². The number of carbonyl (C=O) groups excluding carboxylic acids is 1. The molecule has 4 bridgehead atoms. The number of ether oxygens (including phenoxy) is 3. The highest BCUT2D eigenvalue weighted by Crippen LogP contribution is 2.68. The summed E-state index contributed by atoms with van der Waals surface area (Å²) in [5, 5.41) is 10.4. The van der Waals surface area contributed by atoms with Gasteiger partial charge in [0.1, 0.15) is 11.7 Å². The molecule has 1 N–H and O–H groups in total. The third kappa shape index (κ3) is 5.69. The van der Waals surface area contributed by atoms with Crippen molar-refractivity contribution in [2.45, 2.75) is 121 Å². The first kappa shape index (κ1) is 31.7. The van der Waals surface area contributed by atoms with Crippen LogP contribution in [0, 0.1) is 16.7 Å². The molecule has 0 aromatic heterocycles. The summed E-state index contributed by atoms with van der Waals surface area (Å²) in [5.41, 5.74) is 2.46. The van der Waals surface area contributed by atoms with Gasteiger partial charge in [0.15, 0.2) is 11.5 Å². The van der Waals surface area contributed by atoms with Gasteiger partial charge in [-0.3, -0.25) is 4.90 Å². The molecule has 5 aliphatic carbocycles. The van der Waals surface area contributed by atoms with E-state index in [1.165, 1.54) is 30.4 Å². The standard InChI is InChI=1S/C37H54N2O5S/c1-33(2,3)44-32(41)39(36-20-25-18-34(4,23-36)22-35(5,19-25)24-36)14-16-45-15-13-38-12-11-37-10-9-27(40)17-29(37)43-31-28(42-6)8-7-26(21-38)30(31)37/h7-10,25,27,29,40H,11-24H2,1-6H3/t25?,27-,29-,34?,35?,36?,37-/m0/s1. The SMILES string of the molecule is COc1ccc2c3c1O[C@H]1C[C@@H](O)C=C[C@@]31CCN(CCSCCN(C(=O)OC(C)(C)C)C13CC4CC(C)(CC(C)(C4)C1)C3)C2. The van der Waals surface area contributed by atoms with E-state index >= 15 is 0 Å². The molecule has 1 aromatic carbocycles. The third-order valence-corrected chi connectivity index (χ3v) is 12.8. The van der Waals surface area contributed by atoms with Crippen molar-refractivity contribution in [2.75, 3.05) is 38.2 Å². The summed E-state index contributed by atoms with van der Waals surface area (Å²) in [6.07, 6.45) is 12.4. The van der Waals surface area contributed by atoms with Gasteiger partial charge < -0.3 is 24.2 Å². The first-order valence-corrected chi connectivity index (χ1v) is 18.5. The average molecular weight is 639 g/mol. The van der Waals surface area contributed by atoms with E-state index in [0.717, 1.165) is 80.8 Å². The second-order valence-electron chi connectivity index (χ2n) is 17.1. The summed E-state index contributed by atoms with van der Waals surface area (Å²) in [6, 6.07) is 4.24. The van der Waals surface area contributed by atoms with Gasteiger partial charge >= 0.3 is 6.09 Å². The summed E-state index contributed by atoms with van der Waals surface area (Å²) >= 11 is 1.96. The summed E-state index contributed by atoms with van der Waals surface area (Å²) in [7, 11) is 1.70. The predicted molar refractivity (Wildman–Crippen MR) is 179 cm³/mol. The summed E-state index contributed by atoms with van der Waals surface area (Å²) < 4.78 is 18.3. The molecule has 4 saturated carbocycles. The molecule has 2 aliphatic heterocycles. The van der Waals surface area contributed by atoms with Crippen molar-refractivity contribution < 1.29 is 24.1 Å². The topological polar surface area (TPSA) is 71.5 Å². The number of aliphatic hydroxyl groups is 1. The zero-order chi connectivity index (χ0) is 31.8. The minimum absolute atomic E-state index is 0.0650. The Kier molecular flexibility index (Phi) is 7.80. The fourth-order valence-electron chi connectivity index (χ4n) is 11.2. The molecule has 4 fully saturated rings. The second kappa shape index (κ2) is 11.1. The van der Waals surface area contributed by atoms with Crippen molar-refractivity contribution in [3.8, 4) is 11.5 Å². The fourth-order valence-corrected chi connectivity index (χ4v) is 12.1. The minimum Gasteiger partial charge on any atom is -0.493 e. The van der Waals surface area contributed by atoms with Crippen LogP contribution in [-0.2, 0) is 16.7 Å². The Bertz CT molecular complexity index is 1340. The summed E-state index contributed by atoms with van der Waals surface area (Å²) in [6.45, 7) is 14.5. The van der Waals surface area contributed by atoms with Crippen LogP contribution >= 0.6 is 11.8 Å². The van der Waals surface area contributed by atoms with Gasteiger partial charge in [0.05, 0.1) is 18.6 Å². The number of hydrogen-bond acceptors (Lipinski definition) is 7. The zero-order valence-corrected chi connectivity index (χ0v) is 29.1. The van der Waals surface area contributed by atoms with Crippen molar-refractivity contribution in [2.24, 2.45) is 16.7 Å². The Morgan fingerprint density at radius 2 is 1.89 bits per heavy atom. The Hall–Kier alpha value is -1.90. The maximum atomic E-state index is 13.8. The lowest BCUT2D eigenvalue weighted by molar-refractivity contribution is -0.155. The lowest BCUT2D eigenvalue weighted by atomic mass is 9.42. The Balaban J connectivity index is 1.02. The molecule has 0 saturated heterocycles. The molecule has 1 aromatic rings. The smallest absolute Gasteiger partial charge is 0.410 e. The molecule has 45 heavy (non-hydrogen) atoms. The average Bonchev–Trinajstić information content (AvgIpc) is 3.15. The number of nitrogens with zero attached hydrogens (tertiary/aromatic N) is 2. The van der Waals surface area contributed by atoms with Gasteiger partial charge in [0.2, 0.25) is 0 Å². The van der Waals surface area contributed by atoms with E-state index in [9.17, 15) is 9.90 Å². The van der Waals surface area contributed by atoms with Crippen molar-refractivity contribution in [3.63, 3.8) is 0 Å². The molecule has 2 heterocycles. The van der Waals surface area contributed by atoms with Gasteiger partial charge in [-0.2, -0.15) is 11.8 Å². The van der Waals surface area contributed by atoms with Crippen LogP contribution < -0.4 is 9.47 Å². The van der Waals surface area contributed by atoms with E-state index < -0.39 is 11.7 Å². The minimum atomic E-state index is -0.499. The number of carbonyl (C=O) groups is 1. The molecule has 0 radical (unpaired) electrons. The second-order valence-corrected chi connectivity index (χ2v) is 18.3. The monoisotopic (exact) mass is 638 g/mol. The van der Waals surface area contributed by atoms with Crippen molar-refractivity contribution in [1.29, 1.82) is 0 Å². The predicted octanol–water partition coefficient (Wildman–Crippen LogP) is 6.94. The maximum Gasteiger partial charge on any atom is 0.410 e. The van der Waals surface area contributed by atoms with Gasteiger partial charge in [-0.25, -0.2) is 4.79 Å². The summed E-state index contributed by atoms with van der Waals surface area (Å²) in [4.78, 5) is 18.6. The van der Waals surface area contributed by atoms with Crippen molar-refractivity contribution in [3.05, 3.63) is 35.4 Å². The largest absolute Gasteiger partial charge is 0.493 e. The van der Waals surface area contributed by atoms with E-state index in [2.05, 4.69) is 35.8 Å². The molecule has 2 unspecified atom stereocenters. The molecular weight excluding hydrogens is 584 g/mol. The quantitative estimate of drug-likeness (QED) is 0.244. The van der Waals surface area contributed by atoms with Crippen LogP contribution in [0.3, 0.4) is 0 Å². The molecule has 7 nitrogen and oxygen atoms in total. The number of amides is 1. The fraction of sp³-hybridized carbons (Fsp3) is 0.757. The number of aliphatic hydroxyl groups excluding tert-OH is 1. The third-order valence-electron chi connectivity index (χ3n) is 11.8. The van der Waals surface area contributed by atoms with Gasteiger partial charge in [-0.15, -0.1) is 0 Å². The molecule has 248 valence electrons. The Labute approximate surface area is 274 Å². The molecule has 8 rings (SSSR count). The van der Waals surface area contributed by atoms with Crippen LogP contribution in [0.25, 0.3) is 0 Å². The number of methoxy groups -OCH3 is 1. The van der Waals surface area contributed by atoms with Crippen LogP contribution in [0.5, 0.6) is 11.5 Å². The van der Waals surface area contributed by atoms with Crippen LogP contribution in [-0.4, -0.2) is 82.6 Å².